The molecular formula is C16H25ClN2O2. The van der Waals surface area contributed by atoms with Crippen molar-refractivity contribution in [2.75, 3.05) is 19.7 Å². The molecule has 5 heteroatoms. The smallest absolute Gasteiger partial charge is 0.220 e. The van der Waals surface area contributed by atoms with Crippen LogP contribution in [0.15, 0.2) is 24.3 Å². The van der Waals surface area contributed by atoms with Gasteiger partial charge in [0.05, 0.1) is 6.61 Å². The van der Waals surface area contributed by atoms with E-state index in [2.05, 4.69) is 10.6 Å². The van der Waals surface area contributed by atoms with Gasteiger partial charge in [0.15, 0.2) is 0 Å². The van der Waals surface area contributed by atoms with Crippen LogP contribution in [-0.4, -0.2) is 25.6 Å². The third-order valence-electron chi connectivity index (χ3n) is 3.63. The summed E-state index contributed by atoms with van der Waals surface area (Å²) < 4.78 is 5.46. The maximum atomic E-state index is 11.9. The van der Waals surface area contributed by atoms with Crippen LogP contribution in [0.3, 0.4) is 0 Å². The van der Waals surface area contributed by atoms with Gasteiger partial charge in [0.2, 0.25) is 5.91 Å². The maximum Gasteiger partial charge on any atom is 0.220 e. The Morgan fingerprint density at radius 1 is 1.38 bits per heavy atom. The monoisotopic (exact) mass is 312 g/mol. The molecule has 2 rings (SSSR count). The van der Waals surface area contributed by atoms with Gasteiger partial charge in [0.25, 0.3) is 0 Å². The van der Waals surface area contributed by atoms with Gasteiger partial charge in [0.1, 0.15) is 5.75 Å². The summed E-state index contributed by atoms with van der Waals surface area (Å²) in [6.45, 7) is 5.27. The van der Waals surface area contributed by atoms with Gasteiger partial charge in [-0.2, -0.15) is 0 Å². The Morgan fingerprint density at radius 3 is 2.86 bits per heavy atom. The Hall–Kier alpha value is -1.26. The van der Waals surface area contributed by atoms with Gasteiger partial charge in [-0.1, -0.05) is 12.1 Å². The summed E-state index contributed by atoms with van der Waals surface area (Å²) >= 11 is 0. The van der Waals surface area contributed by atoms with Crippen molar-refractivity contribution in [2.24, 2.45) is 5.92 Å². The van der Waals surface area contributed by atoms with Crippen LogP contribution in [0.5, 0.6) is 5.75 Å². The molecule has 0 unspecified atom stereocenters. The summed E-state index contributed by atoms with van der Waals surface area (Å²) in [4.78, 5) is 11.9. The zero-order chi connectivity index (χ0) is 14.2. The molecule has 0 atom stereocenters. The number of ether oxygens (including phenoxy) is 1. The molecule has 0 spiro atoms. The van der Waals surface area contributed by atoms with Crippen LogP contribution in [0.25, 0.3) is 0 Å². The molecule has 0 aliphatic carbocycles. The van der Waals surface area contributed by atoms with E-state index < -0.39 is 0 Å². The van der Waals surface area contributed by atoms with E-state index in [9.17, 15) is 4.79 Å². The predicted molar refractivity (Wildman–Crippen MR) is 86.9 cm³/mol. The van der Waals surface area contributed by atoms with Crippen molar-refractivity contribution < 1.29 is 9.53 Å². The van der Waals surface area contributed by atoms with Crippen molar-refractivity contribution in [3.8, 4) is 5.75 Å². The van der Waals surface area contributed by atoms with Gasteiger partial charge in [-0.15, -0.1) is 12.4 Å². The lowest BCUT2D eigenvalue weighted by Crippen LogP contribution is -2.32. The minimum absolute atomic E-state index is 0. The second kappa shape index (κ2) is 9.64. The highest BCUT2D eigenvalue weighted by Gasteiger charge is 2.16. The van der Waals surface area contributed by atoms with Crippen LogP contribution in [0.1, 0.15) is 31.7 Å². The Labute approximate surface area is 133 Å². The van der Waals surface area contributed by atoms with E-state index in [0.717, 1.165) is 37.2 Å². The molecule has 1 heterocycles. The van der Waals surface area contributed by atoms with Crippen molar-refractivity contribution in [1.29, 1.82) is 0 Å². The summed E-state index contributed by atoms with van der Waals surface area (Å²) in [5.74, 6) is 1.54. The zero-order valence-electron chi connectivity index (χ0n) is 12.6. The zero-order valence-corrected chi connectivity index (χ0v) is 13.4. The SMILES string of the molecule is CCOc1cccc(CNC(=O)CC2CCNCC2)c1.Cl. The minimum Gasteiger partial charge on any atom is -0.494 e. The Balaban J connectivity index is 0.00000220. The lowest BCUT2D eigenvalue weighted by Gasteiger charge is -2.21. The highest BCUT2D eigenvalue weighted by Crippen LogP contribution is 2.16. The summed E-state index contributed by atoms with van der Waals surface area (Å²) in [5.41, 5.74) is 1.08. The van der Waals surface area contributed by atoms with E-state index in [1.165, 1.54) is 0 Å². The number of amides is 1. The van der Waals surface area contributed by atoms with E-state index in [4.69, 9.17) is 4.74 Å². The molecule has 1 saturated heterocycles. The van der Waals surface area contributed by atoms with Crippen molar-refractivity contribution >= 4 is 18.3 Å². The molecule has 1 aliphatic rings. The Kier molecular flexibility index (Phi) is 8.16. The summed E-state index contributed by atoms with van der Waals surface area (Å²) in [5, 5.41) is 6.32. The molecule has 0 aromatic heterocycles. The molecule has 2 N–H and O–H groups in total. The Morgan fingerprint density at radius 2 is 2.14 bits per heavy atom. The quantitative estimate of drug-likeness (QED) is 0.848. The highest BCUT2D eigenvalue weighted by atomic mass is 35.5. The molecule has 1 aromatic carbocycles. The van der Waals surface area contributed by atoms with Crippen LogP contribution in [0.2, 0.25) is 0 Å². The fraction of sp³-hybridized carbons (Fsp3) is 0.562. The lowest BCUT2D eigenvalue weighted by atomic mass is 9.94. The molecule has 0 bridgehead atoms. The van der Waals surface area contributed by atoms with E-state index in [0.29, 0.717) is 25.5 Å². The molecule has 1 aromatic rings. The summed E-state index contributed by atoms with van der Waals surface area (Å²) in [6, 6.07) is 7.88. The van der Waals surface area contributed by atoms with Crippen molar-refractivity contribution in [3.05, 3.63) is 29.8 Å². The van der Waals surface area contributed by atoms with Crippen LogP contribution in [-0.2, 0) is 11.3 Å². The summed E-state index contributed by atoms with van der Waals surface area (Å²) in [7, 11) is 0. The van der Waals surface area contributed by atoms with Crippen LogP contribution >= 0.6 is 12.4 Å². The molecule has 0 radical (unpaired) electrons. The molecule has 1 amide bonds. The molecule has 4 nitrogen and oxygen atoms in total. The number of hydrogen-bond acceptors (Lipinski definition) is 3. The van der Waals surface area contributed by atoms with Crippen LogP contribution in [0, 0.1) is 5.92 Å². The number of halogens is 1. The standard InChI is InChI=1S/C16H24N2O2.ClH/c1-2-20-15-5-3-4-14(10-15)12-18-16(19)11-13-6-8-17-9-7-13;/h3-5,10,13,17H,2,6-9,11-12H2,1H3,(H,18,19);1H. The molecular weight excluding hydrogens is 288 g/mol. The molecule has 1 aliphatic heterocycles. The largest absolute Gasteiger partial charge is 0.494 e. The van der Waals surface area contributed by atoms with Gasteiger partial charge in [-0.05, 0) is 56.5 Å². The van der Waals surface area contributed by atoms with Gasteiger partial charge in [-0.25, -0.2) is 0 Å². The van der Waals surface area contributed by atoms with Crippen molar-refractivity contribution in [2.45, 2.75) is 32.7 Å². The number of nitrogens with one attached hydrogen (secondary N) is 2. The molecule has 21 heavy (non-hydrogen) atoms. The number of piperidine rings is 1. The third-order valence-corrected chi connectivity index (χ3v) is 3.63. The molecule has 1 fully saturated rings. The first-order valence-electron chi connectivity index (χ1n) is 7.47. The first kappa shape index (κ1) is 17.8. The predicted octanol–water partition coefficient (Wildman–Crippen LogP) is 2.51. The number of carbonyl (C=O) groups is 1. The topological polar surface area (TPSA) is 50.4 Å². The fourth-order valence-electron chi connectivity index (χ4n) is 2.53. The second-order valence-corrected chi connectivity index (χ2v) is 5.25. The molecule has 118 valence electrons. The van der Waals surface area contributed by atoms with Crippen LogP contribution in [0.4, 0.5) is 0 Å². The maximum absolute atomic E-state index is 11.9. The number of carbonyl (C=O) groups excluding carboxylic acids is 1. The van der Waals surface area contributed by atoms with Crippen molar-refractivity contribution in [3.63, 3.8) is 0 Å². The first-order chi connectivity index (χ1) is 9.78. The van der Waals surface area contributed by atoms with E-state index in [1.807, 2.05) is 31.2 Å². The summed E-state index contributed by atoms with van der Waals surface area (Å²) in [6.07, 6.45) is 2.85. The minimum atomic E-state index is 0. The average Bonchev–Trinajstić information content (AvgIpc) is 2.47. The van der Waals surface area contributed by atoms with Crippen LogP contribution < -0.4 is 15.4 Å². The third kappa shape index (κ3) is 6.36. The molecule has 0 saturated carbocycles. The lowest BCUT2D eigenvalue weighted by molar-refractivity contribution is -0.122. The van der Waals surface area contributed by atoms with Gasteiger partial charge in [-0.3, -0.25) is 4.79 Å². The number of hydrogen-bond donors (Lipinski definition) is 2. The van der Waals surface area contributed by atoms with Gasteiger partial charge >= 0.3 is 0 Å². The average molecular weight is 313 g/mol. The van der Waals surface area contributed by atoms with E-state index in [1.54, 1.807) is 0 Å². The fourth-order valence-corrected chi connectivity index (χ4v) is 2.53. The Bertz CT molecular complexity index is 434. The number of rotatable bonds is 6. The van der Waals surface area contributed by atoms with Crippen molar-refractivity contribution in [1.82, 2.24) is 10.6 Å². The van der Waals surface area contributed by atoms with Gasteiger partial charge in [0, 0.05) is 13.0 Å². The first-order valence-corrected chi connectivity index (χ1v) is 7.47. The second-order valence-electron chi connectivity index (χ2n) is 5.25. The van der Waals surface area contributed by atoms with Gasteiger partial charge < -0.3 is 15.4 Å². The highest BCUT2D eigenvalue weighted by molar-refractivity contribution is 5.85. The van der Waals surface area contributed by atoms with E-state index in [-0.39, 0.29) is 18.3 Å². The number of benzene rings is 1. The normalized spacial score (nSPS) is 15.1. The van der Waals surface area contributed by atoms with E-state index >= 15 is 0 Å².